The highest BCUT2D eigenvalue weighted by molar-refractivity contribution is 5.81. The summed E-state index contributed by atoms with van der Waals surface area (Å²) < 4.78 is 0. The van der Waals surface area contributed by atoms with E-state index in [1.54, 1.807) is 0 Å². The van der Waals surface area contributed by atoms with Crippen LogP contribution in [0, 0.1) is 17.8 Å². The van der Waals surface area contributed by atoms with Gasteiger partial charge in [0, 0.05) is 30.0 Å². The van der Waals surface area contributed by atoms with Gasteiger partial charge in [-0.2, -0.15) is 0 Å². The van der Waals surface area contributed by atoms with Crippen molar-refractivity contribution in [3.05, 3.63) is 42.1 Å². The van der Waals surface area contributed by atoms with Crippen molar-refractivity contribution in [2.24, 2.45) is 17.8 Å². The van der Waals surface area contributed by atoms with Crippen LogP contribution in [0.1, 0.15) is 79.7 Å². The SMILES string of the molecule is C=C(CC[C@@H](C)CC)NC(CN[C@@H](C)C(=O)NC(Cc1cccc(N)c1)C(C)C)CC(C)C. The predicted molar refractivity (Wildman–Crippen MR) is 143 cm³/mol. The van der Waals surface area contributed by atoms with Crippen LogP contribution in [0.5, 0.6) is 0 Å². The second-order valence-corrected chi connectivity index (χ2v) is 10.6. The second-order valence-electron chi connectivity index (χ2n) is 10.6. The monoisotopic (exact) mass is 458 g/mol. The number of carbonyl (C=O) groups is 1. The molecule has 0 radical (unpaired) electrons. The van der Waals surface area contributed by atoms with Gasteiger partial charge in [0.2, 0.25) is 5.91 Å². The molecule has 0 aliphatic heterocycles. The third kappa shape index (κ3) is 12.1. The van der Waals surface area contributed by atoms with Crippen LogP contribution in [-0.4, -0.2) is 30.6 Å². The minimum Gasteiger partial charge on any atom is -0.399 e. The van der Waals surface area contributed by atoms with E-state index in [4.69, 9.17) is 5.73 Å². The zero-order chi connectivity index (χ0) is 25.0. The van der Waals surface area contributed by atoms with Crippen LogP contribution in [0.15, 0.2) is 36.5 Å². The van der Waals surface area contributed by atoms with Crippen LogP contribution in [0.2, 0.25) is 0 Å². The number of amides is 1. The standard InChI is InChI=1S/C28H50N4O/c1-9-21(6)13-14-22(7)31-26(15-19(2)3)18-30-23(8)28(33)32-27(20(4)5)17-24-11-10-12-25(29)16-24/h10-12,16,19-21,23,26-27,30-31H,7,9,13-15,17-18,29H2,1-6,8H3,(H,32,33)/t21-,23-,26?,27?/m0/s1. The molecule has 0 fully saturated rings. The second kappa shape index (κ2) is 15.0. The molecule has 0 saturated carbocycles. The molecule has 5 nitrogen and oxygen atoms in total. The van der Waals surface area contributed by atoms with Gasteiger partial charge >= 0.3 is 0 Å². The third-order valence-electron chi connectivity index (χ3n) is 6.40. The third-order valence-corrected chi connectivity index (χ3v) is 6.40. The summed E-state index contributed by atoms with van der Waals surface area (Å²) >= 11 is 0. The Labute approximate surface area is 203 Å². The molecule has 0 bridgehead atoms. The van der Waals surface area contributed by atoms with Crippen molar-refractivity contribution in [3.8, 4) is 0 Å². The van der Waals surface area contributed by atoms with E-state index in [0.29, 0.717) is 11.8 Å². The molecule has 5 N–H and O–H groups in total. The summed E-state index contributed by atoms with van der Waals surface area (Å²) in [4.78, 5) is 12.9. The van der Waals surface area contributed by atoms with Gasteiger partial charge in [-0.05, 0) is 68.1 Å². The molecule has 1 aromatic carbocycles. The van der Waals surface area contributed by atoms with E-state index >= 15 is 0 Å². The number of hydrogen-bond acceptors (Lipinski definition) is 4. The molecule has 0 spiro atoms. The summed E-state index contributed by atoms with van der Waals surface area (Å²) in [6.07, 6.45) is 5.17. The largest absolute Gasteiger partial charge is 0.399 e. The van der Waals surface area contributed by atoms with E-state index < -0.39 is 0 Å². The fourth-order valence-electron chi connectivity index (χ4n) is 3.89. The molecule has 0 saturated heterocycles. The van der Waals surface area contributed by atoms with Gasteiger partial charge in [-0.25, -0.2) is 0 Å². The number of hydrogen-bond donors (Lipinski definition) is 4. The number of anilines is 1. The minimum absolute atomic E-state index is 0.0384. The number of rotatable bonds is 16. The fourth-order valence-corrected chi connectivity index (χ4v) is 3.89. The van der Waals surface area contributed by atoms with E-state index in [1.807, 2.05) is 25.1 Å². The molecule has 0 heterocycles. The maximum atomic E-state index is 12.9. The van der Waals surface area contributed by atoms with Gasteiger partial charge in [0.15, 0.2) is 0 Å². The average Bonchev–Trinajstić information content (AvgIpc) is 2.74. The first-order chi connectivity index (χ1) is 15.5. The Bertz CT molecular complexity index is 716. The maximum absolute atomic E-state index is 12.9. The highest BCUT2D eigenvalue weighted by atomic mass is 16.2. The lowest BCUT2D eigenvalue weighted by molar-refractivity contribution is -0.123. The first-order valence-corrected chi connectivity index (χ1v) is 12.8. The molecule has 0 aliphatic carbocycles. The summed E-state index contributed by atoms with van der Waals surface area (Å²) in [5.74, 6) is 1.65. The van der Waals surface area contributed by atoms with Crippen molar-refractivity contribution in [2.75, 3.05) is 12.3 Å². The lowest BCUT2D eigenvalue weighted by Gasteiger charge is -2.27. The van der Waals surface area contributed by atoms with Crippen LogP contribution < -0.4 is 21.7 Å². The van der Waals surface area contributed by atoms with E-state index in [2.05, 4.69) is 70.1 Å². The predicted octanol–water partition coefficient (Wildman–Crippen LogP) is 5.27. The highest BCUT2D eigenvalue weighted by Crippen LogP contribution is 2.15. The number of nitrogen functional groups attached to an aromatic ring is 1. The number of nitrogens with two attached hydrogens (primary N) is 1. The molecule has 0 aromatic heterocycles. The molecule has 4 atom stereocenters. The fraction of sp³-hybridized carbons (Fsp3) is 0.679. The van der Waals surface area contributed by atoms with Crippen LogP contribution in [0.4, 0.5) is 5.69 Å². The summed E-state index contributed by atoms with van der Waals surface area (Å²) in [5.41, 5.74) is 8.93. The molecule has 1 amide bonds. The van der Waals surface area contributed by atoms with Crippen molar-refractivity contribution in [1.29, 1.82) is 0 Å². The highest BCUT2D eigenvalue weighted by Gasteiger charge is 2.22. The Kier molecular flexibility index (Phi) is 13.2. The zero-order valence-electron chi connectivity index (χ0n) is 22.2. The number of benzene rings is 1. The van der Waals surface area contributed by atoms with Gasteiger partial charge in [0.25, 0.3) is 0 Å². The van der Waals surface area contributed by atoms with E-state index in [9.17, 15) is 4.79 Å². The molecule has 5 heteroatoms. The van der Waals surface area contributed by atoms with Gasteiger partial charge in [-0.15, -0.1) is 0 Å². The van der Waals surface area contributed by atoms with Crippen molar-refractivity contribution in [3.63, 3.8) is 0 Å². The zero-order valence-corrected chi connectivity index (χ0v) is 22.2. The molecule has 33 heavy (non-hydrogen) atoms. The van der Waals surface area contributed by atoms with Crippen molar-refractivity contribution < 1.29 is 4.79 Å². The quantitative estimate of drug-likeness (QED) is 0.254. The Balaban J connectivity index is 2.62. The van der Waals surface area contributed by atoms with Gasteiger partial charge in [0.1, 0.15) is 0 Å². The number of carbonyl (C=O) groups excluding carboxylic acids is 1. The Morgan fingerprint density at radius 3 is 2.36 bits per heavy atom. The smallest absolute Gasteiger partial charge is 0.237 e. The average molecular weight is 459 g/mol. The van der Waals surface area contributed by atoms with E-state index in [1.165, 1.54) is 6.42 Å². The summed E-state index contributed by atoms with van der Waals surface area (Å²) in [6, 6.07) is 7.96. The normalized spacial score (nSPS) is 15.2. The molecular weight excluding hydrogens is 408 g/mol. The summed E-state index contributed by atoms with van der Waals surface area (Å²) in [7, 11) is 0. The molecule has 1 aromatic rings. The Hall–Kier alpha value is -2.01. The molecule has 0 aliphatic rings. The van der Waals surface area contributed by atoms with Crippen LogP contribution in [-0.2, 0) is 11.2 Å². The minimum atomic E-state index is -0.267. The molecule has 2 unspecified atom stereocenters. The van der Waals surface area contributed by atoms with Gasteiger partial charge in [-0.3, -0.25) is 4.79 Å². The van der Waals surface area contributed by atoms with Crippen LogP contribution in [0.25, 0.3) is 0 Å². The maximum Gasteiger partial charge on any atom is 0.237 e. The number of nitrogens with one attached hydrogen (secondary N) is 3. The van der Waals surface area contributed by atoms with E-state index in [-0.39, 0.29) is 24.0 Å². The van der Waals surface area contributed by atoms with E-state index in [0.717, 1.165) is 55.1 Å². The topological polar surface area (TPSA) is 79.2 Å². The lowest BCUT2D eigenvalue weighted by atomic mass is 9.95. The molecular formula is C28H50N4O. The summed E-state index contributed by atoms with van der Waals surface area (Å²) in [5, 5.41) is 10.3. The van der Waals surface area contributed by atoms with Crippen LogP contribution in [0.3, 0.4) is 0 Å². The first-order valence-electron chi connectivity index (χ1n) is 12.8. The molecule has 188 valence electrons. The van der Waals surface area contributed by atoms with Gasteiger partial charge < -0.3 is 21.7 Å². The van der Waals surface area contributed by atoms with Crippen molar-refractivity contribution in [2.45, 2.75) is 98.7 Å². The van der Waals surface area contributed by atoms with Gasteiger partial charge in [0.05, 0.1) is 6.04 Å². The van der Waals surface area contributed by atoms with Crippen molar-refractivity contribution in [1.82, 2.24) is 16.0 Å². The van der Waals surface area contributed by atoms with Crippen LogP contribution >= 0.6 is 0 Å². The molecule has 1 rings (SSSR count). The lowest BCUT2D eigenvalue weighted by Crippen LogP contribution is -2.51. The Morgan fingerprint density at radius 1 is 1.09 bits per heavy atom. The summed E-state index contributed by atoms with van der Waals surface area (Å²) in [6.45, 7) is 20.2. The first kappa shape index (κ1) is 29.0. The Morgan fingerprint density at radius 2 is 1.79 bits per heavy atom. The van der Waals surface area contributed by atoms with Gasteiger partial charge in [-0.1, -0.05) is 66.7 Å². The number of allylic oxidation sites excluding steroid dienone is 1. The van der Waals surface area contributed by atoms with Crippen molar-refractivity contribution >= 4 is 11.6 Å².